The Morgan fingerprint density at radius 3 is 2.85 bits per heavy atom. The lowest BCUT2D eigenvalue weighted by atomic mass is 10.1. The molecule has 1 aliphatic heterocycles. The maximum atomic E-state index is 13.0. The first-order valence-electron chi connectivity index (χ1n) is 12.3. The highest BCUT2D eigenvalue weighted by Crippen LogP contribution is 2.30. The van der Waals surface area contributed by atoms with E-state index in [4.69, 9.17) is 11.6 Å². The first-order valence-corrected chi connectivity index (χ1v) is 12.6. The Morgan fingerprint density at radius 2 is 2.05 bits per heavy atom. The zero-order valence-corrected chi connectivity index (χ0v) is 21.7. The van der Waals surface area contributed by atoms with Crippen LogP contribution in [0.5, 0.6) is 0 Å². The van der Waals surface area contributed by atoms with Gasteiger partial charge in [0.05, 0.1) is 28.7 Å². The lowest BCUT2D eigenvalue weighted by molar-refractivity contribution is -0.117. The number of benzene rings is 2. The molecule has 2 bridgehead atoms. The van der Waals surface area contributed by atoms with Gasteiger partial charge in [0.2, 0.25) is 11.8 Å². The maximum Gasteiger partial charge on any atom is 0.335 e. The SMILES string of the molecule is O=C(/C=C/c1cc(Cl)ccc1-n1cnnn1)N[C@H]1C/C=C\CCC(=O)Nc2ccc(C(=O)O)cc2-c2c[nH]c1n2. The molecule has 0 aliphatic carbocycles. The number of hydrogen-bond acceptors (Lipinski definition) is 7. The third-order valence-electron chi connectivity index (χ3n) is 6.14. The predicted octanol–water partition coefficient (Wildman–Crippen LogP) is 3.95. The van der Waals surface area contributed by atoms with Crippen LogP contribution in [-0.2, 0) is 9.59 Å². The van der Waals surface area contributed by atoms with E-state index in [0.29, 0.717) is 51.9 Å². The highest BCUT2D eigenvalue weighted by atomic mass is 35.5. The van der Waals surface area contributed by atoms with Crippen LogP contribution < -0.4 is 10.6 Å². The fraction of sp³-hybridized carbons (Fsp3) is 0.148. The number of amides is 2. The van der Waals surface area contributed by atoms with Gasteiger partial charge in [0, 0.05) is 34.8 Å². The number of aromatic amines is 1. The normalized spacial score (nSPS) is 16.2. The van der Waals surface area contributed by atoms with Crippen molar-refractivity contribution in [3.8, 4) is 16.9 Å². The lowest BCUT2D eigenvalue weighted by Gasteiger charge is -2.14. The largest absolute Gasteiger partial charge is 0.478 e. The van der Waals surface area contributed by atoms with Gasteiger partial charge in [-0.15, -0.1) is 5.10 Å². The van der Waals surface area contributed by atoms with E-state index in [1.54, 1.807) is 36.5 Å². The average Bonchev–Trinajstić information content (AvgIpc) is 3.64. The van der Waals surface area contributed by atoms with Crippen LogP contribution in [0.4, 0.5) is 5.69 Å². The van der Waals surface area contributed by atoms with Crippen molar-refractivity contribution >= 4 is 41.1 Å². The molecule has 0 saturated carbocycles. The number of allylic oxidation sites excluding steroid dienone is 1. The molecule has 0 spiro atoms. The molecule has 0 radical (unpaired) electrons. The topological polar surface area (TPSA) is 168 Å². The van der Waals surface area contributed by atoms with Crippen molar-refractivity contribution in [2.45, 2.75) is 25.3 Å². The third kappa shape index (κ3) is 6.13. The Balaban J connectivity index is 1.43. The van der Waals surface area contributed by atoms with E-state index in [-0.39, 0.29) is 23.8 Å². The van der Waals surface area contributed by atoms with E-state index in [2.05, 4.69) is 36.1 Å². The van der Waals surface area contributed by atoms with Crippen molar-refractivity contribution in [3.63, 3.8) is 0 Å². The Labute approximate surface area is 232 Å². The minimum Gasteiger partial charge on any atom is -0.478 e. The van der Waals surface area contributed by atoms with E-state index in [1.165, 1.54) is 29.2 Å². The number of halogens is 1. The molecule has 12 nitrogen and oxygen atoms in total. The number of fused-ring (bicyclic) bond motifs is 4. The molecule has 3 heterocycles. The Morgan fingerprint density at radius 1 is 1.18 bits per heavy atom. The van der Waals surface area contributed by atoms with Crippen molar-refractivity contribution in [2.24, 2.45) is 0 Å². The van der Waals surface area contributed by atoms with E-state index >= 15 is 0 Å². The summed E-state index contributed by atoms with van der Waals surface area (Å²) in [6.45, 7) is 0. The highest BCUT2D eigenvalue weighted by molar-refractivity contribution is 6.30. The number of rotatable bonds is 5. The summed E-state index contributed by atoms with van der Waals surface area (Å²) in [4.78, 5) is 44.8. The summed E-state index contributed by atoms with van der Waals surface area (Å²) in [5.41, 5.74) is 2.65. The molecule has 202 valence electrons. The van der Waals surface area contributed by atoms with Crippen molar-refractivity contribution in [3.05, 3.63) is 89.1 Å². The first kappa shape index (κ1) is 26.5. The molecule has 4 N–H and O–H groups in total. The van der Waals surface area contributed by atoms with Gasteiger partial charge in [-0.2, -0.15) is 4.68 Å². The quantitative estimate of drug-likeness (QED) is 0.211. The van der Waals surface area contributed by atoms with E-state index in [0.717, 1.165) is 0 Å². The number of carboxylic acid groups (broad SMARTS) is 1. The second-order valence-corrected chi connectivity index (χ2v) is 9.32. The molecule has 0 saturated heterocycles. The molecule has 0 unspecified atom stereocenters. The maximum absolute atomic E-state index is 13.0. The standard InChI is InChI=1S/C27H23ClN8O4/c28-18-8-10-23(36-15-30-34-35-36)16(12-18)7-11-25(38)32-21-4-2-1-3-5-24(37)31-20-9-6-17(27(39)40)13-19(20)22-14-29-26(21)33-22/h1-2,6-15,21H,3-5H2,(H,29,33)(H,31,37)(H,32,38)(H,39,40)/b2-1-,11-7+/t21-/m0/s1. The van der Waals surface area contributed by atoms with Gasteiger partial charge in [0.25, 0.3) is 0 Å². The minimum atomic E-state index is -1.10. The Bertz CT molecular complexity index is 1630. The number of nitrogens with one attached hydrogen (secondary N) is 3. The van der Waals surface area contributed by atoms with Gasteiger partial charge in [-0.05, 0) is 65.7 Å². The molecule has 2 aromatic heterocycles. The smallest absolute Gasteiger partial charge is 0.335 e. The van der Waals surface area contributed by atoms with Gasteiger partial charge in [-0.3, -0.25) is 9.59 Å². The number of aromatic nitrogens is 6. The van der Waals surface area contributed by atoms with Crippen LogP contribution in [0.15, 0.2) is 67.2 Å². The number of carbonyl (C=O) groups excluding carboxylic acids is 2. The van der Waals surface area contributed by atoms with Gasteiger partial charge >= 0.3 is 5.97 Å². The molecular formula is C27H23ClN8O4. The van der Waals surface area contributed by atoms with Crippen LogP contribution in [0.2, 0.25) is 5.02 Å². The van der Waals surface area contributed by atoms with Crippen molar-refractivity contribution in [2.75, 3.05) is 5.32 Å². The van der Waals surface area contributed by atoms with Crippen molar-refractivity contribution < 1.29 is 19.5 Å². The summed E-state index contributed by atoms with van der Waals surface area (Å²) in [6.07, 6.45) is 10.9. The van der Waals surface area contributed by atoms with E-state index in [9.17, 15) is 19.5 Å². The van der Waals surface area contributed by atoms with Crippen LogP contribution >= 0.6 is 11.6 Å². The second kappa shape index (κ2) is 11.7. The molecule has 1 aliphatic rings. The second-order valence-electron chi connectivity index (χ2n) is 8.88. The van der Waals surface area contributed by atoms with Crippen LogP contribution in [0.1, 0.15) is 47.1 Å². The zero-order chi connectivity index (χ0) is 28.1. The van der Waals surface area contributed by atoms with Crippen molar-refractivity contribution in [1.29, 1.82) is 0 Å². The Hall–Kier alpha value is -5.10. The first-order chi connectivity index (χ1) is 19.4. The monoisotopic (exact) mass is 558 g/mol. The third-order valence-corrected chi connectivity index (χ3v) is 6.37. The molecule has 2 aromatic carbocycles. The number of imidazole rings is 1. The number of carboxylic acids is 1. The number of hydrogen-bond donors (Lipinski definition) is 4. The molecule has 0 fully saturated rings. The van der Waals surface area contributed by atoms with Crippen LogP contribution in [0, 0.1) is 0 Å². The fourth-order valence-electron chi connectivity index (χ4n) is 4.19. The van der Waals surface area contributed by atoms with E-state index < -0.39 is 12.0 Å². The Kier molecular flexibility index (Phi) is 7.78. The summed E-state index contributed by atoms with van der Waals surface area (Å²) in [5, 5.41) is 27.0. The van der Waals surface area contributed by atoms with Crippen molar-refractivity contribution in [1.82, 2.24) is 35.5 Å². The molecule has 4 aromatic rings. The number of nitrogens with zero attached hydrogens (tertiary/aromatic N) is 5. The van der Waals surface area contributed by atoms with Gasteiger partial charge < -0.3 is 20.7 Å². The molecular weight excluding hydrogens is 536 g/mol. The summed E-state index contributed by atoms with van der Waals surface area (Å²) >= 11 is 6.17. The van der Waals surface area contributed by atoms with Gasteiger partial charge in [0.15, 0.2) is 0 Å². The van der Waals surface area contributed by atoms with E-state index in [1.807, 2.05) is 12.2 Å². The summed E-state index contributed by atoms with van der Waals surface area (Å²) in [6, 6.07) is 9.03. The van der Waals surface area contributed by atoms with Gasteiger partial charge in [-0.1, -0.05) is 23.8 Å². The summed E-state index contributed by atoms with van der Waals surface area (Å²) in [5.74, 6) is -1.22. The van der Waals surface area contributed by atoms with Crippen LogP contribution in [0.3, 0.4) is 0 Å². The van der Waals surface area contributed by atoms with Crippen LogP contribution in [0.25, 0.3) is 23.0 Å². The number of aromatic carboxylic acids is 1. The van der Waals surface area contributed by atoms with Crippen LogP contribution in [-0.4, -0.2) is 53.1 Å². The fourth-order valence-corrected chi connectivity index (χ4v) is 4.37. The number of H-pyrrole nitrogens is 1. The molecule has 1 atom stereocenters. The zero-order valence-electron chi connectivity index (χ0n) is 20.9. The molecule has 5 rings (SSSR count). The minimum absolute atomic E-state index is 0.0561. The molecule has 2 amide bonds. The number of anilines is 1. The average molecular weight is 559 g/mol. The highest BCUT2D eigenvalue weighted by Gasteiger charge is 2.20. The van der Waals surface area contributed by atoms with Gasteiger partial charge in [-0.25, -0.2) is 9.78 Å². The molecule has 40 heavy (non-hydrogen) atoms. The lowest BCUT2D eigenvalue weighted by Crippen LogP contribution is -2.27. The predicted molar refractivity (Wildman–Crippen MR) is 147 cm³/mol. The molecule has 13 heteroatoms. The summed E-state index contributed by atoms with van der Waals surface area (Å²) in [7, 11) is 0. The summed E-state index contributed by atoms with van der Waals surface area (Å²) < 4.78 is 1.46. The number of tetrazole rings is 1. The van der Waals surface area contributed by atoms with Gasteiger partial charge in [0.1, 0.15) is 12.2 Å². The number of carbonyl (C=O) groups is 3.